The predicted molar refractivity (Wildman–Crippen MR) is 119 cm³/mol. The summed E-state index contributed by atoms with van der Waals surface area (Å²) in [5.41, 5.74) is 2.04. The minimum Gasteiger partial charge on any atom is -0.497 e. The van der Waals surface area contributed by atoms with E-state index >= 15 is 0 Å². The molecule has 4 heteroatoms. The Morgan fingerprint density at radius 3 is 1.93 bits per heavy atom. The topological polar surface area (TPSA) is 24.5 Å². The van der Waals surface area contributed by atoms with Gasteiger partial charge in [0, 0.05) is 51.8 Å². The first kappa shape index (κ1) is 31.7. The Bertz CT molecular complexity index is 477. The molecule has 0 amide bonds. The average Bonchev–Trinajstić information content (AvgIpc) is 2.54. The fourth-order valence-corrected chi connectivity index (χ4v) is 3.35. The Balaban J connectivity index is -0.000000373. The monoisotopic (exact) mass is 455 g/mol. The van der Waals surface area contributed by atoms with E-state index in [1.165, 1.54) is 44.6 Å². The summed E-state index contributed by atoms with van der Waals surface area (Å²) in [5.74, 6) is 1.52. The summed E-state index contributed by atoms with van der Waals surface area (Å²) in [7, 11) is 1.69. The molecule has 157 valence electrons. The second-order valence-corrected chi connectivity index (χ2v) is 7.66. The minimum absolute atomic E-state index is 0. The molecule has 2 heterocycles. The molecule has 1 aromatic rings. The van der Waals surface area contributed by atoms with Gasteiger partial charge in [-0.1, -0.05) is 48.3 Å². The Kier molecular flexibility index (Phi) is 17.6. The molecule has 1 radical (unpaired) electrons. The molecule has 0 bridgehead atoms. The minimum atomic E-state index is 0. The summed E-state index contributed by atoms with van der Waals surface area (Å²) >= 11 is 0. The Labute approximate surface area is 195 Å². The number of nitrogens with one attached hydrogen (secondary N) is 1. The summed E-state index contributed by atoms with van der Waals surface area (Å²) in [6.45, 7) is 14.1. The molecule has 0 saturated carbocycles. The fourth-order valence-electron chi connectivity index (χ4n) is 3.35. The van der Waals surface area contributed by atoms with Gasteiger partial charge in [-0.15, -0.1) is 0 Å². The largest absolute Gasteiger partial charge is 0.497 e. The van der Waals surface area contributed by atoms with Gasteiger partial charge in [0.25, 0.3) is 0 Å². The van der Waals surface area contributed by atoms with Crippen molar-refractivity contribution in [3.05, 3.63) is 29.8 Å². The maximum atomic E-state index is 5.11. The standard InChI is InChI=1S/C10H20N2.C10H14O.3CH4.Y/c1-9(2)12-5-3-10(4-6-12)7-11-8-10;1-8(2)9-5-4-6-10(7-9)11-3;;;;/h9,11H,3-8H2,1-2H3;4-8H,1-3H3;3*1H4;. The van der Waals surface area contributed by atoms with Crippen molar-refractivity contribution in [1.82, 2.24) is 10.2 Å². The number of rotatable bonds is 3. The second-order valence-electron chi connectivity index (χ2n) is 7.66. The second kappa shape index (κ2) is 15.0. The molecular formula is C23H46N2OY. The van der Waals surface area contributed by atoms with Crippen LogP contribution in [0.3, 0.4) is 0 Å². The van der Waals surface area contributed by atoms with Crippen LogP contribution in [0.1, 0.15) is 74.3 Å². The molecule has 27 heavy (non-hydrogen) atoms. The maximum Gasteiger partial charge on any atom is 0.119 e. The van der Waals surface area contributed by atoms with Gasteiger partial charge in [-0.25, -0.2) is 0 Å². The number of ether oxygens (including phenoxy) is 1. The SMILES string of the molecule is C.C.C.CC(C)N1CCC2(CC1)CNC2.COc1cccc(C(C)C)c1.[Y]. The number of methoxy groups -OCH3 is 1. The molecule has 0 atom stereocenters. The van der Waals surface area contributed by atoms with Gasteiger partial charge in [-0.2, -0.15) is 0 Å². The number of likely N-dealkylation sites (tertiary alicyclic amines) is 1. The number of piperidine rings is 1. The van der Waals surface area contributed by atoms with E-state index in [0.29, 0.717) is 11.3 Å². The van der Waals surface area contributed by atoms with Gasteiger partial charge in [0.1, 0.15) is 5.75 Å². The molecule has 2 fully saturated rings. The number of hydrogen-bond acceptors (Lipinski definition) is 3. The van der Waals surface area contributed by atoms with Gasteiger partial charge in [0.15, 0.2) is 0 Å². The van der Waals surface area contributed by atoms with Gasteiger partial charge in [-0.3, -0.25) is 0 Å². The van der Waals surface area contributed by atoms with E-state index < -0.39 is 0 Å². The third kappa shape index (κ3) is 9.39. The maximum absolute atomic E-state index is 5.11. The molecule has 3 rings (SSSR count). The average molecular weight is 456 g/mol. The van der Waals surface area contributed by atoms with Crippen LogP contribution in [-0.2, 0) is 32.7 Å². The fraction of sp³-hybridized carbons (Fsp3) is 0.739. The summed E-state index contributed by atoms with van der Waals surface area (Å²) in [6.07, 6.45) is 2.83. The van der Waals surface area contributed by atoms with E-state index in [9.17, 15) is 0 Å². The van der Waals surface area contributed by atoms with Crippen LogP contribution < -0.4 is 10.1 Å². The third-order valence-electron chi connectivity index (χ3n) is 5.35. The zero-order chi connectivity index (χ0) is 16.9. The molecule has 2 saturated heterocycles. The first-order valence-electron chi connectivity index (χ1n) is 9.04. The zero-order valence-corrected chi connectivity index (χ0v) is 19.0. The van der Waals surface area contributed by atoms with Crippen LogP contribution in [0.25, 0.3) is 0 Å². The molecular weight excluding hydrogens is 409 g/mol. The van der Waals surface area contributed by atoms with Crippen molar-refractivity contribution in [2.45, 2.75) is 74.8 Å². The third-order valence-corrected chi connectivity index (χ3v) is 5.35. The van der Waals surface area contributed by atoms with E-state index in [4.69, 9.17) is 4.74 Å². The van der Waals surface area contributed by atoms with Crippen molar-refractivity contribution in [3.63, 3.8) is 0 Å². The van der Waals surface area contributed by atoms with Crippen molar-refractivity contribution in [1.29, 1.82) is 0 Å². The van der Waals surface area contributed by atoms with Crippen LogP contribution in [0, 0.1) is 5.41 Å². The van der Waals surface area contributed by atoms with Crippen molar-refractivity contribution in [2.24, 2.45) is 5.41 Å². The van der Waals surface area contributed by atoms with Crippen LogP contribution in [0.4, 0.5) is 0 Å². The van der Waals surface area contributed by atoms with Gasteiger partial charge in [0.05, 0.1) is 7.11 Å². The molecule has 3 nitrogen and oxygen atoms in total. The first-order chi connectivity index (χ1) is 11.0. The predicted octanol–water partition coefficient (Wildman–Crippen LogP) is 5.80. The van der Waals surface area contributed by atoms with Crippen LogP contribution in [0.2, 0.25) is 0 Å². The quantitative estimate of drug-likeness (QED) is 0.623. The molecule has 0 aliphatic carbocycles. The van der Waals surface area contributed by atoms with E-state index in [1.54, 1.807) is 7.11 Å². The van der Waals surface area contributed by atoms with Crippen LogP contribution >= 0.6 is 0 Å². The van der Waals surface area contributed by atoms with Gasteiger partial charge < -0.3 is 15.0 Å². The molecule has 0 aromatic heterocycles. The Morgan fingerprint density at radius 1 is 1.00 bits per heavy atom. The Hall–Kier alpha value is 0.0439. The normalized spacial score (nSPS) is 17.1. The summed E-state index contributed by atoms with van der Waals surface area (Å²) in [4.78, 5) is 2.60. The van der Waals surface area contributed by atoms with Crippen LogP contribution in [0.15, 0.2) is 24.3 Å². The summed E-state index contributed by atoms with van der Waals surface area (Å²) < 4.78 is 5.11. The van der Waals surface area contributed by atoms with Crippen molar-refractivity contribution in [2.75, 3.05) is 33.3 Å². The van der Waals surface area contributed by atoms with Gasteiger partial charge in [0.2, 0.25) is 0 Å². The molecule has 1 N–H and O–H groups in total. The molecule has 0 unspecified atom stereocenters. The van der Waals surface area contributed by atoms with E-state index in [0.717, 1.165) is 11.8 Å². The van der Waals surface area contributed by atoms with Crippen LogP contribution in [0.5, 0.6) is 5.75 Å². The first-order valence-corrected chi connectivity index (χ1v) is 9.04. The van der Waals surface area contributed by atoms with Crippen molar-refractivity contribution < 1.29 is 37.4 Å². The van der Waals surface area contributed by atoms with Crippen molar-refractivity contribution in [3.8, 4) is 5.75 Å². The van der Waals surface area contributed by atoms with E-state index in [2.05, 4.69) is 50.0 Å². The van der Waals surface area contributed by atoms with Crippen molar-refractivity contribution >= 4 is 0 Å². The zero-order valence-electron chi connectivity index (χ0n) is 16.1. The number of hydrogen-bond donors (Lipinski definition) is 1. The molecule has 2 aliphatic heterocycles. The molecule has 1 aromatic carbocycles. The Morgan fingerprint density at radius 2 is 1.56 bits per heavy atom. The summed E-state index contributed by atoms with van der Waals surface area (Å²) in [5, 5.41) is 3.40. The van der Waals surface area contributed by atoms with E-state index in [1.807, 2.05) is 12.1 Å². The van der Waals surface area contributed by atoms with Gasteiger partial charge in [-0.05, 0) is 68.8 Å². The summed E-state index contributed by atoms with van der Waals surface area (Å²) in [6, 6.07) is 8.92. The van der Waals surface area contributed by atoms with Crippen LogP contribution in [-0.4, -0.2) is 44.2 Å². The number of nitrogens with zero attached hydrogens (tertiary/aromatic N) is 1. The molecule has 2 aliphatic rings. The number of benzene rings is 1. The van der Waals surface area contributed by atoms with Gasteiger partial charge >= 0.3 is 0 Å². The smallest absolute Gasteiger partial charge is 0.119 e. The molecule has 1 spiro atoms. The van der Waals surface area contributed by atoms with E-state index in [-0.39, 0.29) is 55.0 Å².